The molecule has 0 N–H and O–H groups in total. The normalized spacial score (nSPS) is 14.7. The second kappa shape index (κ2) is 7.56. The van der Waals surface area contributed by atoms with Crippen LogP contribution in [0.5, 0.6) is 0 Å². The largest absolute Gasteiger partial charge is 1.00 e. The van der Waals surface area contributed by atoms with Gasteiger partial charge in [-0.15, -0.1) is 0 Å². The number of hydrogen-bond donors (Lipinski definition) is 0. The zero-order chi connectivity index (χ0) is 17.4. The molecule has 0 saturated heterocycles. The Hall–Kier alpha value is -1.61. The van der Waals surface area contributed by atoms with E-state index >= 15 is 0 Å². The Bertz CT molecular complexity index is 951. The summed E-state index contributed by atoms with van der Waals surface area (Å²) in [7, 11) is 0. The van der Waals surface area contributed by atoms with Crippen molar-refractivity contribution in [2.45, 2.75) is 12.0 Å². The Labute approximate surface area is 182 Å². The van der Waals surface area contributed by atoms with Crippen molar-refractivity contribution >= 4 is 34.2 Å². The third kappa shape index (κ3) is 3.00. The molecule has 0 aliphatic heterocycles. The van der Waals surface area contributed by atoms with E-state index in [4.69, 9.17) is 0 Å². The van der Waals surface area contributed by atoms with Crippen molar-refractivity contribution in [2.75, 3.05) is 0 Å². The Kier molecular flexibility index (Phi) is 5.57. The van der Waals surface area contributed by atoms with Crippen LogP contribution in [-0.2, 0) is 12.0 Å². The van der Waals surface area contributed by atoms with Gasteiger partial charge in [0.2, 0.25) is 0 Å². The molecule has 0 bridgehead atoms. The summed E-state index contributed by atoms with van der Waals surface area (Å²) in [6, 6.07) is 20.5. The molecule has 2 aromatic carbocycles. The van der Waals surface area contributed by atoms with Crippen molar-refractivity contribution in [3.63, 3.8) is 0 Å². The molecule has 0 radical (unpaired) electrons. The summed E-state index contributed by atoms with van der Waals surface area (Å²) in [5, 5.41) is 0. The second-order valence-electron chi connectivity index (χ2n) is 6.17. The monoisotopic (exact) mass is 567 g/mol. The summed E-state index contributed by atoms with van der Waals surface area (Å²) in [5.74, 6) is -0.238. The highest BCUT2D eigenvalue weighted by Crippen LogP contribution is 2.40. The maximum Gasteiger partial charge on any atom is 0.188 e. The molecule has 130 valence electrons. The molecule has 1 heterocycles. The molecular formula is C21H15I2NO2. The molecule has 0 fully saturated rings. The summed E-state index contributed by atoms with van der Waals surface area (Å²) in [5.41, 5.74) is 0.574. The van der Waals surface area contributed by atoms with E-state index in [1.165, 1.54) is 0 Å². The van der Waals surface area contributed by atoms with Crippen molar-refractivity contribution in [1.29, 1.82) is 0 Å². The van der Waals surface area contributed by atoms with E-state index in [1.54, 1.807) is 12.1 Å². The molecule has 0 amide bonds. The molecular weight excluding hydrogens is 552 g/mol. The number of aromatic nitrogens is 1. The molecule has 0 atom stereocenters. The standard InChI is InChI=1S/C21H15INO2.HI/c22-16-8-6-7-15(13-16)21(14-23-11-4-1-5-12-23)19(24)17-9-2-3-10-18(17)20(21)25;/h1-13H,14H2;1H/q+1;/p-1. The van der Waals surface area contributed by atoms with Crippen LogP contribution in [0, 0.1) is 3.57 Å². The van der Waals surface area contributed by atoms with Crippen molar-refractivity contribution in [1.82, 2.24) is 0 Å². The van der Waals surface area contributed by atoms with Gasteiger partial charge in [-0.2, -0.15) is 0 Å². The molecule has 0 spiro atoms. The predicted octanol–water partition coefficient (Wildman–Crippen LogP) is 0.600. The van der Waals surface area contributed by atoms with Gasteiger partial charge >= 0.3 is 0 Å². The molecule has 1 aliphatic rings. The average molecular weight is 567 g/mol. The highest BCUT2D eigenvalue weighted by Gasteiger charge is 2.57. The third-order valence-electron chi connectivity index (χ3n) is 4.71. The number of fused-ring (bicyclic) bond motifs is 1. The van der Waals surface area contributed by atoms with E-state index in [2.05, 4.69) is 22.6 Å². The number of carbonyl (C=O) groups excluding carboxylic acids is 2. The molecule has 3 nitrogen and oxygen atoms in total. The number of ketones is 2. The molecule has 0 saturated carbocycles. The van der Waals surface area contributed by atoms with Crippen LogP contribution >= 0.6 is 22.6 Å². The number of rotatable bonds is 3. The highest BCUT2D eigenvalue weighted by molar-refractivity contribution is 14.1. The van der Waals surface area contributed by atoms with Gasteiger partial charge in [0.05, 0.1) is 0 Å². The Balaban J connectivity index is 0.00000196. The van der Waals surface area contributed by atoms with Gasteiger partial charge in [0.15, 0.2) is 35.9 Å². The van der Waals surface area contributed by atoms with E-state index < -0.39 is 5.41 Å². The van der Waals surface area contributed by atoms with E-state index in [9.17, 15) is 9.59 Å². The van der Waals surface area contributed by atoms with Crippen LogP contribution in [-0.4, -0.2) is 11.6 Å². The zero-order valence-corrected chi connectivity index (χ0v) is 18.0. The highest BCUT2D eigenvalue weighted by atomic mass is 127. The minimum absolute atomic E-state index is 0. The lowest BCUT2D eigenvalue weighted by atomic mass is 9.75. The Morgan fingerprint density at radius 2 is 1.42 bits per heavy atom. The fraction of sp³-hybridized carbons (Fsp3) is 0.0952. The number of benzene rings is 2. The van der Waals surface area contributed by atoms with Crippen LogP contribution in [0.2, 0.25) is 0 Å². The fourth-order valence-corrected chi connectivity index (χ4v) is 4.05. The lowest BCUT2D eigenvalue weighted by Crippen LogP contribution is -3.00. The maximum atomic E-state index is 13.4. The van der Waals surface area contributed by atoms with Gasteiger partial charge in [0.25, 0.3) is 0 Å². The summed E-state index contributed by atoms with van der Waals surface area (Å²) >= 11 is 2.21. The number of hydrogen-bond acceptors (Lipinski definition) is 2. The Morgan fingerprint density at radius 3 is 2.00 bits per heavy atom. The molecule has 5 heteroatoms. The van der Waals surface area contributed by atoms with E-state index in [-0.39, 0.29) is 35.5 Å². The van der Waals surface area contributed by atoms with Gasteiger partial charge in [-0.3, -0.25) is 9.59 Å². The van der Waals surface area contributed by atoms with Crippen LogP contribution in [0.15, 0.2) is 79.1 Å². The minimum atomic E-state index is -1.21. The number of halogens is 2. The van der Waals surface area contributed by atoms with Crippen LogP contribution in [0.4, 0.5) is 0 Å². The summed E-state index contributed by atoms with van der Waals surface area (Å²) < 4.78 is 2.91. The Morgan fingerprint density at radius 1 is 0.808 bits per heavy atom. The van der Waals surface area contributed by atoms with Gasteiger partial charge in [-0.1, -0.05) is 42.5 Å². The number of Topliss-reactive ketones (excluding diaryl/α,β-unsaturated/α-hetero) is 2. The topological polar surface area (TPSA) is 38.0 Å². The first kappa shape index (κ1) is 19.2. The van der Waals surface area contributed by atoms with Gasteiger partial charge in [0, 0.05) is 26.8 Å². The number of pyridine rings is 1. The average Bonchev–Trinajstić information content (AvgIpc) is 2.86. The molecule has 4 rings (SSSR count). The molecule has 3 aromatic rings. The smallest absolute Gasteiger partial charge is 0.188 e. The van der Waals surface area contributed by atoms with E-state index in [0.717, 1.165) is 9.13 Å². The summed E-state index contributed by atoms with van der Waals surface area (Å²) in [6.07, 6.45) is 3.78. The van der Waals surface area contributed by atoms with Crippen LogP contribution in [0.25, 0.3) is 0 Å². The van der Waals surface area contributed by atoms with E-state index in [1.807, 2.05) is 71.6 Å². The van der Waals surface area contributed by atoms with Gasteiger partial charge < -0.3 is 24.0 Å². The third-order valence-corrected chi connectivity index (χ3v) is 5.38. The van der Waals surface area contributed by atoms with Crippen molar-refractivity contribution < 1.29 is 38.1 Å². The lowest BCUT2D eigenvalue weighted by Gasteiger charge is -2.23. The first-order valence-corrected chi connectivity index (χ1v) is 9.09. The number of carbonyl (C=O) groups is 2. The molecule has 1 aliphatic carbocycles. The number of nitrogens with zero attached hydrogens (tertiary/aromatic N) is 1. The molecule has 1 aromatic heterocycles. The van der Waals surface area contributed by atoms with Crippen LogP contribution in [0.1, 0.15) is 26.3 Å². The lowest BCUT2D eigenvalue weighted by molar-refractivity contribution is -0.700. The van der Waals surface area contributed by atoms with Crippen LogP contribution in [0.3, 0.4) is 0 Å². The van der Waals surface area contributed by atoms with E-state index in [0.29, 0.717) is 17.7 Å². The minimum Gasteiger partial charge on any atom is -1.00 e. The quantitative estimate of drug-likeness (QED) is 0.265. The first-order chi connectivity index (χ1) is 12.1. The zero-order valence-electron chi connectivity index (χ0n) is 13.7. The van der Waals surface area contributed by atoms with Crippen LogP contribution < -0.4 is 28.5 Å². The summed E-state index contributed by atoms with van der Waals surface area (Å²) in [4.78, 5) is 26.8. The molecule has 0 unspecified atom stereocenters. The van der Waals surface area contributed by atoms with Crippen molar-refractivity contribution in [2.24, 2.45) is 0 Å². The van der Waals surface area contributed by atoms with Gasteiger partial charge in [0.1, 0.15) is 0 Å². The fourth-order valence-electron chi connectivity index (χ4n) is 3.51. The predicted molar refractivity (Wildman–Crippen MR) is 103 cm³/mol. The summed E-state index contributed by atoms with van der Waals surface area (Å²) in [6.45, 7) is 0.292. The molecule has 26 heavy (non-hydrogen) atoms. The van der Waals surface area contributed by atoms with Crippen molar-refractivity contribution in [3.05, 3.63) is 99.4 Å². The SMILES string of the molecule is O=C1c2ccccc2C(=O)C1(C[n+]1ccccc1)c1cccc(I)c1.[I-]. The first-order valence-electron chi connectivity index (χ1n) is 8.02. The second-order valence-corrected chi connectivity index (χ2v) is 7.41. The maximum absolute atomic E-state index is 13.4. The van der Waals surface area contributed by atoms with Crippen molar-refractivity contribution in [3.8, 4) is 0 Å². The van der Waals surface area contributed by atoms with Gasteiger partial charge in [-0.05, 0) is 40.3 Å². The van der Waals surface area contributed by atoms with Gasteiger partial charge in [-0.25, -0.2) is 4.57 Å².